The van der Waals surface area contributed by atoms with Gasteiger partial charge < -0.3 is 14.7 Å². The summed E-state index contributed by atoms with van der Waals surface area (Å²) in [6, 6.07) is 32.6. The summed E-state index contributed by atoms with van der Waals surface area (Å²) in [7, 11) is 0. The Morgan fingerprint density at radius 3 is 1.68 bits per heavy atom. The molecule has 1 saturated heterocycles. The Morgan fingerprint density at radius 1 is 0.529 bits per heavy atom. The van der Waals surface area contributed by atoms with E-state index in [1.54, 1.807) is 0 Å². The fourth-order valence-corrected chi connectivity index (χ4v) is 4.94. The zero-order valence-electron chi connectivity index (χ0n) is 20.7. The summed E-state index contributed by atoms with van der Waals surface area (Å²) in [5.41, 5.74) is 4.18. The molecule has 3 nitrogen and oxygen atoms in total. The SMILES string of the molecule is c1ccc(CCCN2CCN(CCCCCN(Cc3ccccc3)c3ccccc3)CC2)cc1. The molecule has 180 valence electrons. The number of aryl methyl sites for hydroxylation is 1. The molecule has 0 amide bonds. The zero-order valence-corrected chi connectivity index (χ0v) is 20.7. The summed E-state index contributed by atoms with van der Waals surface area (Å²) in [4.78, 5) is 7.86. The minimum Gasteiger partial charge on any atom is -0.367 e. The van der Waals surface area contributed by atoms with Gasteiger partial charge >= 0.3 is 0 Å². The molecule has 3 heteroatoms. The molecular formula is C31H41N3. The van der Waals surface area contributed by atoms with Gasteiger partial charge in [0.1, 0.15) is 0 Å². The summed E-state index contributed by atoms with van der Waals surface area (Å²) in [5.74, 6) is 0. The van der Waals surface area contributed by atoms with E-state index in [-0.39, 0.29) is 0 Å². The lowest BCUT2D eigenvalue weighted by Gasteiger charge is -2.34. The van der Waals surface area contributed by atoms with Gasteiger partial charge in [-0.25, -0.2) is 0 Å². The second-order valence-electron chi connectivity index (χ2n) is 9.58. The fraction of sp³-hybridized carbons (Fsp3) is 0.419. The lowest BCUT2D eigenvalue weighted by molar-refractivity contribution is 0.130. The number of piperazine rings is 1. The van der Waals surface area contributed by atoms with E-state index >= 15 is 0 Å². The molecule has 0 saturated carbocycles. The Kier molecular flexibility index (Phi) is 10.0. The molecule has 1 fully saturated rings. The van der Waals surface area contributed by atoms with Crippen molar-refractivity contribution in [3.63, 3.8) is 0 Å². The van der Waals surface area contributed by atoms with Crippen molar-refractivity contribution in [3.8, 4) is 0 Å². The van der Waals surface area contributed by atoms with Gasteiger partial charge in [0.15, 0.2) is 0 Å². The highest BCUT2D eigenvalue weighted by molar-refractivity contribution is 5.46. The van der Waals surface area contributed by atoms with Crippen LogP contribution in [0.2, 0.25) is 0 Å². The van der Waals surface area contributed by atoms with Crippen molar-refractivity contribution < 1.29 is 0 Å². The largest absolute Gasteiger partial charge is 0.367 e. The van der Waals surface area contributed by atoms with E-state index in [2.05, 4.69) is 106 Å². The van der Waals surface area contributed by atoms with Crippen molar-refractivity contribution in [2.24, 2.45) is 0 Å². The number of anilines is 1. The van der Waals surface area contributed by atoms with Crippen LogP contribution >= 0.6 is 0 Å². The van der Waals surface area contributed by atoms with Crippen LogP contribution in [0, 0.1) is 0 Å². The quantitative estimate of drug-likeness (QED) is 0.288. The number of benzene rings is 3. The molecule has 4 rings (SSSR count). The lowest BCUT2D eigenvalue weighted by atomic mass is 10.1. The number of rotatable bonds is 13. The molecule has 0 bridgehead atoms. The minimum atomic E-state index is 0.983. The van der Waals surface area contributed by atoms with E-state index in [9.17, 15) is 0 Å². The Hall–Kier alpha value is -2.62. The van der Waals surface area contributed by atoms with Crippen LogP contribution in [0.1, 0.15) is 36.8 Å². The molecule has 0 unspecified atom stereocenters. The molecule has 0 aliphatic carbocycles. The van der Waals surface area contributed by atoms with Crippen LogP contribution < -0.4 is 4.90 Å². The van der Waals surface area contributed by atoms with Gasteiger partial charge in [-0.1, -0.05) is 85.3 Å². The second-order valence-corrected chi connectivity index (χ2v) is 9.58. The van der Waals surface area contributed by atoms with E-state index < -0.39 is 0 Å². The highest BCUT2D eigenvalue weighted by atomic mass is 15.3. The van der Waals surface area contributed by atoms with Crippen LogP contribution in [-0.2, 0) is 13.0 Å². The van der Waals surface area contributed by atoms with Crippen LogP contribution in [0.4, 0.5) is 5.69 Å². The third-order valence-corrected chi connectivity index (χ3v) is 6.99. The third kappa shape index (κ3) is 8.30. The van der Waals surface area contributed by atoms with E-state index in [1.165, 1.54) is 88.2 Å². The Labute approximate surface area is 207 Å². The minimum absolute atomic E-state index is 0.983. The zero-order chi connectivity index (χ0) is 23.3. The maximum Gasteiger partial charge on any atom is 0.0429 e. The molecule has 0 radical (unpaired) electrons. The van der Waals surface area contributed by atoms with Gasteiger partial charge in [0, 0.05) is 45.0 Å². The van der Waals surface area contributed by atoms with E-state index in [0.717, 1.165) is 13.1 Å². The molecule has 0 spiro atoms. The second kappa shape index (κ2) is 13.9. The Bertz CT molecular complexity index is 905. The molecule has 3 aromatic carbocycles. The normalized spacial score (nSPS) is 14.8. The van der Waals surface area contributed by atoms with Gasteiger partial charge in [-0.15, -0.1) is 0 Å². The molecule has 34 heavy (non-hydrogen) atoms. The van der Waals surface area contributed by atoms with E-state index in [0.29, 0.717) is 0 Å². The predicted molar refractivity (Wildman–Crippen MR) is 145 cm³/mol. The number of nitrogens with zero attached hydrogens (tertiary/aromatic N) is 3. The third-order valence-electron chi connectivity index (χ3n) is 6.99. The number of hydrogen-bond acceptors (Lipinski definition) is 3. The van der Waals surface area contributed by atoms with Gasteiger partial charge in [-0.2, -0.15) is 0 Å². The first kappa shape index (κ1) is 24.5. The standard InChI is InChI=1S/C31H41N3/c1-5-14-29(15-6-1)18-13-22-33-26-24-32(25-27-33)21-11-4-12-23-34(31-19-9-3-10-20-31)28-30-16-7-2-8-17-30/h1-3,5-10,14-17,19-20H,4,11-13,18,21-28H2. The van der Waals surface area contributed by atoms with Crippen LogP contribution in [0.15, 0.2) is 91.0 Å². The van der Waals surface area contributed by atoms with Gasteiger partial charge in [0.25, 0.3) is 0 Å². The van der Waals surface area contributed by atoms with Crippen LogP contribution in [0.25, 0.3) is 0 Å². The van der Waals surface area contributed by atoms with Crippen molar-refractivity contribution >= 4 is 5.69 Å². The van der Waals surface area contributed by atoms with E-state index in [4.69, 9.17) is 0 Å². The van der Waals surface area contributed by atoms with Gasteiger partial charge in [0.05, 0.1) is 0 Å². The summed E-state index contributed by atoms with van der Waals surface area (Å²) < 4.78 is 0. The van der Waals surface area contributed by atoms with Crippen LogP contribution in [-0.4, -0.2) is 55.6 Å². The first-order valence-corrected chi connectivity index (χ1v) is 13.2. The maximum atomic E-state index is 2.67. The number of unbranched alkanes of at least 4 members (excludes halogenated alkanes) is 2. The Balaban J connectivity index is 1.10. The van der Waals surface area contributed by atoms with Gasteiger partial charge in [-0.3, -0.25) is 0 Å². The molecular weight excluding hydrogens is 414 g/mol. The van der Waals surface area contributed by atoms with Crippen LogP contribution in [0.3, 0.4) is 0 Å². The average Bonchev–Trinajstić information content (AvgIpc) is 2.90. The summed E-state index contributed by atoms with van der Waals surface area (Å²) in [6.45, 7) is 9.51. The topological polar surface area (TPSA) is 9.72 Å². The monoisotopic (exact) mass is 455 g/mol. The van der Waals surface area contributed by atoms with Crippen molar-refractivity contribution in [2.75, 3.05) is 50.7 Å². The fourth-order valence-electron chi connectivity index (χ4n) is 4.94. The molecule has 1 aliphatic rings. The highest BCUT2D eigenvalue weighted by Crippen LogP contribution is 2.18. The molecule has 1 aliphatic heterocycles. The van der Waals surface area contributed by atoms with Gasteiger partial charge in [0.2, 0.25) is 0 Å². The lowest BCUT2D eigenvalue weighted by Crippen LogP contribution is -2.46. The average molecular weight is 456 g/mol. The first-order valence-electron chi connectivity index (χ1n) is 13.2. The molecule has 0 atom stereocenters. The van der Waals surface area contributed by atoms with Crippen molar-refractivity contribution in [1.82, 2.24) is 9.80 Å². The Morgan fingerprint density at radius 2 is 1.06 bits per heavy atom. The summed E-state index contributed by atoms with van der Waals surface area (Å²) >= 11 is 0. The number of hydrogen-bond donors (Lipinski definition) is 0. The molecule has 0 N–H and O–H groups in total. The highest BCUT2D eigenvalue weighted by Gasteiger charge is 2.16. The smallest absolute Gasteiger partial charge is 0.0429 e. The molecule has 0 aromatic heterocycles. The first-order chi connectivity index (χ1) is 16.9. The van der Waals surface area contributed by atoms with Crippen molar-refractivity contribution in [2.45, 2.75) is 38.6 Å². The number of para-hydroxylation sites is 1. The van der Waals surface area contributed by atoms with Gasteiger partial charge in [-0.05, 0) is 62.0 Å². The van der Waals surface area contributed by atoms with Crippen LogP contribution in [0.5, 0.6) is 0 Å². The maximum absolute atomic E-state index is 2.67. The van der Waals surface area contributed by atoms with Crippen molar-refractivity contribution in [1.29, 1.82) is 0 Å². The molecule has 3 aromatic rings. The molecule has 1 heterocycles. The summed E-state index contributed by atoms with van der Waals surface area (Å²) in [5, 5.41) is 0. The van der Waals surface area contributed by atoms with Crippen molar-refractivity contribution in [3.05, 3.63) is 102 Å². The predicted octanol–water partition coefficient (Wildman–Crippen LogP) is 6.11. The van der Waals surface area contributed by atoms with E-state index in [1.807, 2.05) is 0 Å². The summed E-state index contributed by atoms with van der Waals surface area (Å²) in [6.07, 6.45) is 6.33.